The molecule has 30 heavy (non-hydrogen) atoms. The fourth-order valence-electron chi connectivity index (χ4n) is 2.58. The van der Waals surface area contributed by atoms with Crippen LogP contribution in [-0.4, -0.2) is 40.1 Å². The van der Waals surface area contributed by atoms with Crippen LogP contribution in [0.15, 0.2) is 48.5 Å². The minimum absolute atomic E-state index is 0.223. The summed E-state index contributed by atoms with van der Waals surface area (Å²) in [6.07, 6.45) is 2.39. The van der Waals surface area contributed by atoms with Crippen LogP contribution in [0.25, 0.3) is 10.6 Å². The molecule has 6 nitrogen and oxygen atoms in total. The molecule has 3 aromatic rings. The Morgan fingerprint density at radius 2 is 1.90 bits per heavy atom. The van der Waals surface area contributed by atoms with Gasteiger partial charge in [-0.05, 0) is 36.6 Å². The van der Waals surface area contributed by atoms with Crippen molar-refractivity contribution in [3.8, 4) is 10.6 Å². The molecule has 2 N–H and O–H groups in total. The molecule has 0 spiro atoms. The molecule has 1 atom stereocenters. The smallest absolute Gasteiger partial charge is 0.253 e. The fraction of sp³-hybridized carbons (Fsp3) is 0.200. The summed E-state index contributed by atoms with van der Waals surface area (Å²) in [5, 5.41) is 15.4. The molecule has 1 aromatic heterocycles. The average molecular weight is 481 g/mol. The number of halogens is 2. The molecule has 0 saturated heterocycles. The van der Waals surface area contributed by atoms with Gasteiger partial charge in [0.1, 0.15) is 11.0 Å². The summed E-state index contributed by atoms with van der Waals surface area (Å²) in [5.41, 5.74) is 1.17. The van der Waals surface area contributed by atoms with E-state index in [2.05, 4.69) is 20.8 Å². The van der Waals surface area contributed by atoms with E-state index < -0.39 is 11.9 Å². The maximum atomic E-state index is 12.8. The highest BCUT2D eigenvalue weighted by Crippen LogP contribution is 2.26. The van der Waals surface area contributed by atoms with Gasteiger partial charge in [0.2, 0.25) is 11.0 Å². The first-order valence-electron chi connectivity index (χ1n) is 8.92. The van der Waals surface area contributed by atoms with Crippen LogP contribution in [0.2, 0.25) is 10.0 Å². The topological polar surface area (TPSA) is 84.0 Å². The lowest BCUT2D eigenvalue weighted by Crippen LogP contribution is -2.44. The molecule has 0 bridgehead atoms. The maximum absolute atomic E-state index is 12.8. The Bertz CT molecular complexity index is 1030. The molecular weight excluding hydrogens is 463 g/mol. The van der Waals surface area contributed by atoms with E-state index in [1.807, 2.05) is 36.6 Å². The van der Waals surface area contributed by atoms with E-state index in [0.717, 1.165) is 5.56 Å². The lowest BCUT2D eigenvalue weighted by molar-refractivity contribution is -0.118. The molecule has 0 fully saturated rings. The lowest BCUT2D eigenvalue weighted by Gasteiger charge is -2.17. The van der Waals surface area contributed by atoms with Gasteiger partial charge in [0.25, 0.3) is 5.91 Å². The summed E-state index contributed by atoms with van der Waals surface area (Å²) in [6.45, 7) is 0. The number of hydrogen-bond donors (Lipinski definition) is 2. The second kappa shape index (κ2) is 10.8. The number of amides is 2. The Kier molecular flexibility index (Phi) is 8.09. The monoisotopic (exact) mass is 480 g/mol. The van der Waals surface area contributed by atoms with E-state index in [-0.39, 0.29) is 16.5 Å². The number of anilines is 1. The van der Waals surface area contributed by atoms with Crippen molar-refractivity contribution >= 4 is 63.2 Å². The largest absolute Gasteiger partial charge is 0.340 e. The molecule has 156 valence electrons. The highest BCUT2D eigenvalue weighted by Gasteiger charge is 2.23. The minimum Gasteiger partial charge on any atom is -0.340 e. The van der Waals surface area contributed by atoms with Crippen molar-refractivity contribution in [2.45, 2.75) is 12.5 Å². The molecular formula is C20H18Cl2N4O2S2. The number of carbonyl (C=O) groups is 2. The van der Waals surface area contributed by atoms with Gasteiger partial charge in [0.05, 0.1) is 10.6 Å². The van der Waals surface area contributed by atoms with Crippen molar-refractivity contribution in [3.05, 3.63) is 64.1 Å². The zero-order valence-electron chi connectivity index (χ0n) is 15.9. The molecule has 10 heteroatoms. The maximum Gasteiger partial charge on any atom is 0.253 e. The number of rotatable bonds is 8. The molecule has 0 aliphatic rings. The second-order valence-corrected chi connectivity index (χ2v) is 9.01. The van der Waals surface area contributed by atoms with E-state index in [0.29, 0.717) is 27.3 Å². The highest BCUT2D eigenvalue weighted by molar-refractivity contribution is 7.98. The number of nitrogens with one attached hydrogen (secondary N) is 2. The third-order valence-corrected chi connectivity index (χ3v) is 6.16. The first kappa shape index (κ1) is 22.6. The van der Waals surface area contributed by atoms with Crippen LogP contribution in [0, 0.1) is 0 Å². The predicted octanol–water partition coefficient (Wildman–Crippen LogP) is 5.00. The Labute approximate surface area is 192 Å². The van der Waals surface area contributed by atoms with Crippen molar-refractivity contribution in [1.29, 1.82) is 0 Å². The zero-order chi connectivity index (χ0) is 21.5. The van der Waals surface area contributed by atoms with Gasteiger partial charge in [-0.3, -0.25) is 14.9 Å². The van der Waals surface area contributed by atoms with Crippen LogP contribution in [0.4, 0.5) is 5.13 Å². The molecule has 1 unspecified atom stereocenters. The number of nitrogens with zero attached hydrogens (tertiary/aromatic N) is 2. The normalized spacial score (nSPS) is 11.7. The van der Waals surface area contributed by atoms with Gasteiger partial charge < -0.3 is 5.32 Å². The van der Waals surface area contributed by atoms with Gasteiger partial charge in [-0.25, -0.2) is 0 Å². The Morgan fingerprint density at radius 1 is 1.13 bits per heavy atom. The van der Waals surface area contributed by atoms with Gasteiger partial charge in [-0.2, -0.15) is 11.8 Å². The van der Waals surface area contributed by atoms with Crippen LogP contribution in [0.3, 0.4) is 0 Å². The molecule has 0 radical (unpaired) electrons. The van der Waals surface area contributed by atoms with E-state index in [1.54, 1.807) is 17.8 Å². The van der Waals surface area contributed by atoms with E-state index in [1.165, 1.54) is 23.5 Å². The quantitative estimate of drug-likeness (QED) is 0.473. The van der Waals surface area contributed by atoms with Crippen LogP contribution in [-0.2, 0) is 4.79 Å². The molecule has 1 heterocycles. The van der Waals surface area contributed by atoms with Crippen LogP contribution in [0.5, 0.6) is 0 Å². The summed E-state index contributed by atoms with van der Waals surface area (Å²) < 4.78 is 0. The SMILES string of the molecule is CSCCC(NC(=O)c1ccc(Cl)cc1Cl)C(=O)Nc1nnc(-c2ccccc2)s1. The molecule has 2 amide bonds. The number of thioether (sulfide) groups is 1. The summed E-state index contributed by atoms with van der Waals surface area (Å²) in [6, 6.07) is 13.4. The standard InChI is InChI=1S/C20H18Cl2N4O2S2/c1-29-10-9-16(23-17(27)14-8-7-13(21)11-15(14)22)18(28)24-20-26-25-19(30-20)12-5-3-2-4-6-12/h2-8,11,16H,9-10H2,1H3,(H,23,27)(H,24,26,28). The zero-order valence-corrected chi connectivity index (χ0v) is 19.0. The Hall–Kier alpha value is -2.13. The first-order valence-corrected chi connectivity index (χ1v) is 11.9. The fourth-order valence-corrected chi connectivity index (χ4v) is 4.30. The van der Waals surface area contributed by atoms with Crippen LogP contribution < -0.4 is 10.6 Å². The van der Waals surface area contributed by atoms with Gasteiger partial charge in [-0.1, -0.05) is 64.9 Å². The number of carbonyl (C=O) groups excluding carboxylic acids is 2. The summed E-state index contributed by atoms with van der Waals surface area (Å²) in [4.78, 5) is 25.5. The van der Waals surface area contributed by atoms with Crippen LogP contribution in [0.1, 0.15) is 16.8 Å². The summed E-state index contributed by atoms with van der Waals surface area (Å²) >= 11 is 14.9. The second-order valence-electron chi connectivity index (χ2n) is 6.20. The number of hydrogen-bond acceptors (Lipinski definition) is 6. The number of aromatic nitrogens is 2. The molecule has 3 rings (SSSR count). The van der Waals surface area contributed by atoms with Gasteiger partial charge in [0, 0.05) is 10.6 Å². The van der Waals surface area contributed by atoms with Gasteiger partial charge >= 0.3 is 0 Å². The molecule has 0 aliphatic heterocycles. The van der Waals surface area contributed by atoms with E-state index in [9.17, 15) is 9.59 Å². The van der Waals surface area contributed by atoms with E-state index >= 15 is 0 Å². The van der Waals surface area contributed by atoms with Crippen molar-refractivity contribution < 1.29 is 9.59 Å². The molecule has 2 aromatic carbocycles. The first-order chi connectivity index (χ1) is 14.5. The summed E-state index contributed by atoms with van der Waals surface area (Å²) in [7, 11) is 0. The molecule has 0 saturated carbocycles. The third-order valence-electron chi connectivity index (χ3n) is 4.08. The van der Waals surface area contributed by atoms with Crippen molar-refractivity contribution in [2.75, 3.05) is 17.3 Å². The van der Waals surface area contributed by atoms with Crippen molar-refractivity contribution in [1.82, 2.24) is 15.5 Å². The highest BCUT2D eigenvalue weighted by atomic mass is 35.5. The minimum atomic E-state index is -0.749. The van der Waals surface area contributed by atoms with Gasteiger partial charge in [0.15, 0.2) is 0 Å². The summed E-state index contributed by atoms with van der Waals surface area (Å²) in [5.74, 6) is -0.114. The van der Waals surface area contributed by atoms with E-state index in [4.69, 9.17) is 23.2 Å². The average Bonchev–Trinajstić information content (AvgIpc) is 3.20. The van der Waals surface area contributed by atoms with Crippen molar-refractivity contribution in [2.24, 2.45) is 0 Å². The third kappa shape index (κ3) is 5.95. The lowest BCUT2D eigenvalue weighted by atomic mass is 10.1. The Balaban J connectivity index is 1.71. The van der Waals surface area contributed by atoms with Crippen molar-refractivity contribution in [3.63, 3.8) is 0 Å². The van der Waals surface area contributed by atoms with Gasteiger partial charge in [-0.15, -0.1) is 10.2 Å². The predicted molar refractivity (Wildman–Crippen MR) is 125 cm³/mol. The number of benzene rings is 2. The van der Waals surface area contributed by atoms with Crippen LogP contribution >= 0.6 is 46.3 Å². The Morgan fingerprint density at radius 3 is 2.60 bits per heavy atom. The molecule has 0 aliphatic carbocycles.